The fraction of sp³-hybridized carbons (Fsp3) is 0.0909. The van der Waals surface area contributed by atoms with Gasteiger partial charge in [-0.25, -0.2) is 4.79 Å². The van der Waals surface area contributed by atoms with Crippen molar-refractivity contribution < 1.29 is 9.90 Å². The first kappa shape index (κ1) is 11.8. The maximum absolute atomic E-state index is 10.9. The predicted octanol–water partition coefficient (Wildman–Crippen LogP) is 1.64. The molecule has 0 unspecified atom stereocenters. The van der Waals surface area contributed by atoms with E-state index in [0.29, 0.717) is 5.69 Å². The van der Waals surface area contributed by atoms with E-state index in [1.807, 2.05) is 0 Å². The molecule has 0 radical (unpaired) electrons. The van der Waals surface area contributed by atoms with Gasteiger partial charge in [0.05, 0.1) is 11.3 Å². The first-order valence-electron chi connectivity index (χ1n) is 4.62. The number of hydrogen-bond donors (Lipinski definition) is 4. The van der Waals surface area contributed by atoms with Gasteiger partial charge in [0, 0.05) is 5.71 Å². The molecule has 0 fully saturated rings. The van der Waals surface area contributed by atoms with Crippen molar-refractivity contribution in [3.05, 3.63) is 41.7 Å². The number of benzene rings is 1. The van der Waals surface area contributed by atoms with E-state index in [1.54, 1.807) is 25.1 Å². The largest absolute Gasteiger partial charge is 0.478 e. The molecule has 0 aromatic heterocycles. The Morgan fingerprint density at radius 3 is 2.69 bits per heavy atom. The van der Waals surface area contributed by atoms with Gasteiger partial charge in [-0.2, -0.15) is 0 Å². The highest BCUT2D eigenvalue weighted by Gasteiger charge is 2.08. The van der Waals surface area contributed by atoms with Crippen LogP contribution in [0, 0.1) is 5.41 Å². The van der Waals surface area contributed by atoms with E-state index in [4.69, 9.17) is 16.2 Å². The number of carboxylic acid groups (broad SMARTS) is 1. The van der Waals surface area contributed by atoms with Crippen molar-refractivity contribution >= 4 is 17.4 Å². The van der Waals surface area contributed by atoms with Crippen LogP contribution in [0.3, 0.4) is 0 Å². The smallest absolute Gasteiger partial charge is 0.337 e. The topological polar surface area (TPSA) is 99.2 Å². The van der Waals surface area contributed by atoms with Gasteiger partial charge in [-0.05, 0) is 25.1 Å². The van der Waals surface area contributed by atoms with E-state index >= 15 is 0 Å². The predicted molar refractivity (Wildman–Crippen MR) is 62.7 cm³/mol. The molecule has 0 atom stereocenters. The molecule has 0 spiro atoms. The summed E-state index contributed by atoms with van der Waals surface area (Å²) in [5, 5.41) is 18.9. The monoisotopic (exact) mass is 219 g/mol. The van der Waals surface area contributed by atoms with Crippen LogP contribution >= 0.6 is 0 Å². The molecule has 0 aliphatic carbocycles. The second kappa shape index (κ2) is 4.97. The van der Waals surface area contributed by atoms with Crippen LogP contribution in [0.25, 0.3) is 0 Å². The van der Waals surface area contributed by atoms with Crippen LogP contribution in [0.2, 0.25) is 0 Å². The number of anilines is 1. The number of rotatable bonds is 4. The summed E-state index contributed by atoms with van der Waals surface area (Å²) in [6, 6.07) is 6.44. The Balaban J connectivity index is 2.97. The molecule has 16 heavy (non-hydrogen) atoms. The summed E-state index contributed by atoms with van der Waals surface area (Å²) in [5.74, 6) is -0.788. The summed E-state index contributed by atoms with van der Waals surface area (Å²) in [4.78, 5) is 10.9. The number of para-hydroxylation sites is 1. The van der Waals surface area contributed by atoms with Crippen molar-refractivity contribution in [2.45, 2.75) is 6.92 Å². The van der Waals surface area contributed by atoms with Crippen molar-refractivity contribution in [3.63, 3.8) is 0 Å². The van der Waals surface area contributed by atoms with E-state index in [2.05, 4.69) is 5.32 Å². The fourth-order valence-corrected chi connectivity index (χ4v) is 1.20. The molecular formula is C11H13N3O2. The molecule has 0 saturated carbocycles. The van der Waals surface area contributed by atoms with Crippen LogP contribution in [0.15, 0.2) is 36.2 Å². The Kier molecular flexibility index (Phi) is 3.66. The van der Waals surface area contributed by atoms with E-state index < -0.39 is 5.97 Å². The highest BCUT2D eigenvalue weighted by molar-refractivity contribution is 5.95. The molecule has 0 heterocycles. The van der Waals surface area contributed by atoms with Crippen molar-refractivity contribution in [2.24, 2.45) is 5.73 Å². The lowest BCUT2D eigenvalue weighted by Gasteiger charge is -2.09. The van der Waals surface area contributed by atoms with Gasteiger partial charge in [-0.1, -0.05) is 12.1 Å². The third kappa shape index (κ3) is 3.13. The van der Waals surface area contributed by atoms with Crippen molar-refractivity contribution in [1.29, 1.82) is 5.41 Å². The summed E-state index contributed by atoms with van der Waals surface area (Å²) < 4.78 is 0. The Morgan fingerprint density at radius 2 is 2.12 bits per heavy atom. The van der Waals surface area contributed by atoms with Crippen molar-refractivity contribution in [2.75, 3.05) is 5.32 Å². The third-order valence-electron chi connectivity index (χ3n) is 1.81. The number of carbonyl (C=O) groups is 1. The lowest BCUT2D eigenvalue weighted by molar-refractivity contribution is 0.0698. The molecule has 0 amide bonds. The van der Waals surface area contributed by atoms with E-state index in [0.717, 1.165) is 0 Å². The Bertz CT molecular complexity index is 452. The Labute approximate surface area is 93.1 Å². The van der Waals surface area contributed by atoms with E-state index in [1.165, 1.54) is 12.1 Å². The van der Waals surface area contributed by atoms with Gasteiger partial charge >= 0.3 is 5.97 Å². The lowest BCUT2D eigenvalue weighted by atomic mass is 10.2. The molecule has 0 aliphatic heterocycles. The maximum atomic E-state index is 10.9. The zero-order chi connectivity index (χ0) is 12.1. The van der Waals surface area contributed by atoms with Crippen LogP contribution in [-0.2, 0) is 0 Å². The van der Waals surface area contributed by atoms with Crippen LogP contribution in [-0.4, -0.2) is 16.8 Å². The van der Waals surface area contributed by atoms with Crippen molar-refractivity contribution in [3.8, 4) is 0 Å². The summed E-state index contributed by atoms with van der Waals surface area (Å²) >= 11 is 0. The van der Waals surface area contributed by atoms with Crippen LogP contribution < -0.4 is 11.1 Å². The molecule has 0 aliphatic rings. The minimum atomic E-state index is -1.03. The number of nitrogens with one attached hydrogen (secondary N) is 2. The minimum Gasteiger partial charge on any atom is -0.478 e. The van der Waals surface area contributed by atoms with Crippen molar-refractivity contribution in [1.82, 2.24) is 0 Å². The Hall–Kier alpha value is -2.30. The highest BCUT2D eigenvalue weighted by Crippen LogP contribution is 2.15. The number of carboxylic acids is 1. The van der Waals surface area contributed by atoms with Gasteiger partial charge < -0.3 is 21.6 Å². The standard InChI is InChI=1S/C11H13N3O2/c1-7(12)6-10(13)14-9-5-3-2-4-8(9)11(15)16/h2-6,12,14H,13H2,1H3,(H,15,16)/b10-6+,12-7?. The maximum Gasteiger partial charge on any atom is 0.337 e. The average molecular weight is 219 g/mol. The zero-order valence-electron chi connectivity index (χ0n) is 8.82. The van der Waals surface area contributed by atoms with Gasteiger partial charge in [0.1, 0.15) is 5.82 Å². The van der Waals surface area contributed by atoms with Gasteiger partial charge in [0.15, 0.2) is 0 Å². The molecule has 5 N–H and O–H groups in total. The molecule has 0 bridgehead atoms. The first-order valence-corrected chi connectivity index (χ1v) is 4.62. The van der Waals surface area contributed by atoms with Gasteiger partial charge in [-0.15, -0.1) is 0 Å². The summed E-state index contributed by atoms with van der Waals surface area (Å²) in [7, 11) is 0. The number of aromatic carboxylic acids is 1. The number of hydrogen-bond acceptors (Lipinski definition) is 4. The van der Waals surface area contributed by atoms with Gasteiger partial charge in [0.25, 0.3) is 0 Å². The van der Waals surface area contributed by atoms with Crippen LogP contribution in [0.5, 0.6) is 0 Å². The average Bonchev–Trinajstić information content (AvgIpc) is 2.16. The quantitative estimate of drug-likeness (QED) is 0.578. The molecule has 1 aromatic carbocycles. The zero-order valence-corrected chi connectivity index (χ0v) is 8.82. The molecule has 1 aromatic rings. The second-order valence-electron chi connectivity index (χ2n) is 3.26. The second-order valence-corrected chi connectivity index (χ2v) is 3.26. The molecule has 5 heteroatoms. The van der Waals surface area contributed by atoms with E-state index in [-0.39, 0.29) is 17.1 Å². The fourth-order valence-electron chi connectivity index (χ4n) is 1.20. The van der Waals surface area contributed by atoms with E-state index in [9.17, 15) is 4.79 Å². The number of allylic oxidation sites excluding steroid dienone is 1. The summed E-state index contributed by atoms with van der Waals surface area (Å²) in [6.07, 6.45) is 1.42. The summed E-state index contributed by atoms with van der Waals surface area (Å²) in [6.45, 7) is 1.58. The molecular weight excluding hydrogens is 206 g/mol. The first-order chi connectivity index (χ1) is 7.50. The Morgan fingerprint density at radius 1 is 1.50 bits per heavy atom. The molecule has 0 saturated heterocycles. The molecule has 5 nitrogen and oxygen atoms in total. The molecule has 84 valence electrons. The normalized spacial score (nSPS) is 10.9. The minimum absolute atomic E-state index is 0.140. The van der Waals surface area contributed by atoms with Gasteiger partial charge in [0.2, 0.25) is 0 Å². The lowest BCUT2D eigenvalue weighted by Crippen LogP contribution is -2.13. The highest BCUT2D eigenvalue weighted by atomic mass is 16.4. The van der Waals surface area contributed by atoms with Gasteiger partial charge in [-0.3, -0.25) is 0 Å². The third-order valence-corrected chi connectivity index (χ3v) is 1.81. The van der Waals surface area contributed by atoms with Crippen LogP contribution in [0.4, 0.5) is 5.69 Å². The number of nitrogens with two attached hydrogens (primary N) is 1. The SMILES string of the molecule is CC(=N)/C=C(\N)Nc1ccccc1C(=O)O. The summed E-state index contributed by atoms with van der Waals surface area (Å²) in [5.41, 5.74) is 6.43. The van der Waals surface area contributed by atoms with Crippen LogP contribution in [0.1, 0.15) is 17.3 Å². The molecule has 1 rings (SSSR count).